The molecule has 1 aliphatic heterocycles. The van der Waals surface area contributed by atoms with Crippen molar-refractivity contribution < 1.29 is 28.5 Å². The van der Waals surface area contributed by atoms with Crippen LogP contribution in [0.1, 0.15) is 30.9 Å². The molecule has 154 valence electrons. The summed E-state index contributed by atoms with van der Waals surface area (Å²) in [6.45, 7) is 2.20. The molecule has 5 rings (SSSR count). The van der Waals surface area contributed by atoms with Gasteiger partial charge in [-0.05, 0) is 32.1 Å². The molecule has 3 aliphatic rings. The van der Waals surface area contributed by atoms with Gasteiger partial charge in [0.05, 0.1) is 23.2 Å². The zero-order valence-electron chi connectivity index (χ0n) is 15.7. The third-order valence-electron chi connectivity index (χ3n) is 6.51. The fraction of sp³-hybridized carbons (Fsp3) is 0.500. The second kappa shape index (κ2) is 6.16. The van der Waals surface area contributed by atoms with Crippen LogP contribution < -0.4 is 15.1 Å². The largest absolute Gasteiger partial charge is 0.511 e. The van der Waals surface area contributed by atoms with Crippen LogP contribution in [0.25, 0.3) is 10.9 Å². The van der Waals surface area contributed by atoms with E-state index in [0.717, 1.165) is 12.8 Å². The Hall–Kier alpha value is -2.68. The number of aromatic nitrogens is 1. The highest BCUT2D eigenvalue weighted by molar-refractivity contribution is 5.89. The van der Waals surface area contributed by atoms with Gasteiger partial charge in [-0.15, -0.1) is 0 Å². The quantitative estimate of drug-likeness (QED) is 0.762. The van der Waals surface area contributed by atoms with Crippen molar-refractivity contribution in [3.63, 3.8) is 0 Å². The number of carbonyl (C=O) groups is 1. The van der Waals surface area contributed by atoms with E-state index in [-0.39, 0.29) is 40.0 Å². The SMILES string of the molecule is Cc1c(F)c(N2C[C@H]3C[C@@H](O)[C@H]3C2)c(F)c2c1c(=O)c(OC(=O)O)cn2C1CC1. The summed E-state index contributed by atoms with van der Waals surface area (Å²) in [5, 5.41) is 18.6. The second-order valence-electron chi connectivity index (χ2n) is 8.29. The van der Waals surface area contributed by atoms with E-state index >= 15 is 8.78 Å². The van der Waals surface area contributed by atoms with Crippen LogP contribution in [-0.2, 0) is 0 Å². The lowest BCUT2D eigenvalue weighted by atomic mass is 9.74. The van der Waals surface area contributed by atoms with Crippen molar-refractivity contribution in [3.8, 4) is 5.75 Å². The Morgan fingerprint density at radius 3 is 2.55 bits per heavy atom. The first-order chi connectivity index (χ1) is 13.8. The number of halogens is 2. The van der Waals surface area contributed by atoms with Gasteiger partial charge in [0.2, 0.25) is 5.43 Å². The number of rotatable bonds is 3. The van der Waals surface area contributed by atoms with Crippen molar-refractivity contribution in [2.24, 2.45) is 11.8 Å². The molecule has 0 unspecified atom stereocenters. The number of pyridine rings is 1. The Kier molecular flexibility index (Phi) is 3.90. The monoisotopic (exact) mass is 406 g/mol. The highest BCUT2D eigenvalue weighted by atomic mass is 19.1. The van der Waals surface area contributed by atoms with E-state index < -0.39 is 35.1 Å². The van der Waals surface area contributed by atoms with E-state index in [9.17, 15) is 14.7 Å². The summed E-state index contributed by atoms with van der Waals surface area (Å²) in [4.78, 5) is 25.4. The van der Waals surface area contributed by atoms with Crippen molar-refractivity contribution >= 4 is 22.7 Å². The van der Waals surface area contributed by atoms with Crippen LogP contribution in [0.15, 0.2) is 11.0 Å². The van der Waals surface area contributed by atoms with Gasteiger partial charge < -0.3 is 24.4 Å². The topological polar surface area (TPSA) is 92.0 Å². The van der Waals surface area contributed by atoms with Gasteiger partial charge in [-0.1, -0.05) is 0 Å². The summed E-state index contributed by atoms with van der Waals surface area (Å²) in [6, 6.07) is -0.0990. The number of carboxylic acid groups (broad SMARTS) is 1. The number of anilines is 1. The van der Waals surface area contributed by atoms with Crippen molar-refractivity contribution in [3.05, 3.63) is 33.6 Å². The Morgan fingerprint density at radius 1 is 1.24 bits per heavy atom. The van der Waals surface area contributed by atoms with Gasteiger partial charge in [0, 0.05) is 30.6 Å². The van der Waals surface area contributed by atoms with E-state index in [4.69, 9.17) is 5.11 Å². The van der Waals surface area contributed by atoms with Crippen LogP contribution in [0.4, 0.5) is 19.3 Å². The minimum absolute atomic E-state index is 0.00164. The van der Waals surface area contributed by atoms with Crippen LogP contribution >= 0.6 is 0 Å². The Morgan fingerprint density at radius 2 is 1.97 bits per heavy atom. The molecular formula is C20H20F2N2O5. The maximum Gasteiger partial charge on any atom is 0.511 e. The number of fused-ring (bicyclic) bond motifs is 2. The predicted molar refractivity (Wildman–Crippen MR) is 99.6 cm³/mol. The molecule has 2 aliphatic carbocycles. The highest BCUT2D eigenvalue weighted by Crippen LogP contribution is 2.46. The molecule has 3 atom stereocenters. The fourth-order valence-electron chi connectivity index (χ4n) is 4.81. The predicted octanol–water partition coefficient (Wildman–Crippen LogP) is 2.80. The van der Waals surface area contributed by atoms with Crippen LogP contribution in [-0.4, -0.2) is 40.1 Å². The van der Waals surface area contributed by atoms with E-state index in [1.807, 2.05) is 0 Å². The van der Waals surface area contributed by atoms with Crippen molar-refractivity contribution in [2.75, 3.05) is 18.0 Å². The first-order valence-electron chi connectivity index (χ1n) is 9.68. The van der Waals surface area contributed by atoms with Gasteiger partial charge in [0.15, 0.2) is 17.4 Å². The van der Waals surface area contributed by atoms with Gasteiger partial charge in [-0.25, -0.2) is 13.6 Å². The number of benzene rings is 1. The Bertz CT molecular complexity index is 1110. The molecule has 1 aromatic heterocycles. The molecule has 2 aromatic rings. The van der Waals surface area contributed by atoms with E-state index in [1.165, 1.54) is 17.7 Å². The van der Waals surface area contributed by atoms with Gasteiger partial charge in [0.25, 0.3) is 0 Å². The number of hydrogen-bond donors (Lipinski definition) is 2. The fourth-order valence-corrected chi connectivity index (χ4v) is 4.81. The Balaban J connectivity index is 1.74. The zero-order chi connectivity index (χ0) is 20.6. The molecule has 1 aromatic carbocycles. The summed E-state index contributed by atoms with van der Waals surface area (Å²) >= 11 is 0. The molecule has 1 saturated heterocycles. The lowest BCUT2D eigenvalue weighted by Gasteiger charge is -2.34. The van der Waals surface area contributed by atoms with Crippen LogP contribution in [0, 0.1) is 30.4 Å². The lowest BCUT2D eigenvalue weighted by Crippen LogP contribution is -2.39. The number of hydrogen-bond acceptors (Lipinski definition) is 5. The van der Waals surface area contributed by atoms with Crippen molar-refractivity contribution in [2.45, 2.75) is 38.3 Å². The van der Waals surface area contributed by atoms with Crippen LogP contribution in [0.3, 0.4) is 0 Å². The van der Waals surface area contributed by atoms with Crippen LogP contribution in [0.5, 0.6) is 5.75 Å². The average molecular weight is 406 g/mol. The molecule has 2 N–H and O–H groups in total. The first kappa shape index (κ1) is 18.4. The third-order valence-corrected chi connectivity index (χ3v) is 6.51. The van der Waals surface area contributed by atoms with Gasteiger partial charge >= 0.3 is 6.16 Å². The van der Waals surface area contributed by atoms with Crippen molar-refractivity contribution in [1.82, 2.24) is 4.57 Å². The molecule has 29 heavy (non-hydrogen) atoms. The second-order valence-corrected chi connectivity index (χ2v) is 8.29. The minimum atomic E-state index is -1.66. The summed E-state index contributed by atoms with van der Waals surface area (Å²) in [6.07, 6.45) is 1.21. The number of ether oxygens (including phenoxy) is 1. The molecular weight excluding hydrogens is 386 g/mol. The molecule has 7 nitrogen and oxygen atoms in total. The first-order valence-corrected chi connectivity index (χ1v) is 9.68. The van der Waals surface area contributed by atoms with E-state index in [0.29, 0.717) is 19.5 Å². The maximum absolute atomic E-state index is 15.7. The number of aliphatic hydroxyl groups excluding tert-OH is 1. The summed E-state index contributed by atoms with van der Waals surface area (Å²) in [5.41, 5.74) is -1.09. The molecule has 3 fully saturated rings. The summed E-state index contributed by atoms with van der Waals surface area (Å²) < 4.78 is 37.1. The smallest absolute Gasteiger partial charge is 0.449 e. The van der Waals surface area contributed by atoms with E-state index in [1.54, 1.807) is 4.90 Å². The minimum Gasteiger partial charge on any atom is -0.449 e. The number of aryl methyl sites for hydroxylation is 1. The molecule has 0 radical (unpaired) electrons. The third kappa shape index (κ3) is 2.63. The van der Waals surface area contributed by atoms with Crippen LogP contribution in [0.2, 0.25) is 0 Å². The molecule has 0 bridgehead atoms. The van der Waals surface area contributed by atoms with Gasteiger partial charge in [0.1, 0.15) is 5.69 Å². The molecule has 0 amide bonds. The lowest BCUT2D eigenvalue weighted by molar-refractivity contribution is -0.00399. The average Bonchev–Trinajstić information content (AvgIpc) is 3.44. The summed E-state index contributed by atoms with van der Waals surface area (Å²) in [5.74, 6) is -1.92. The van der Waals surface area contributed by atoms with E-state index in [2.05, 4.69) is 4.74 Å². The highest BCUT2D eigenvalue weighted by Gasteiger charge is 2.47. The Labute approximate surface area is 164 Å². The molecule has 2 saturated carbocycles. The van der Waals surface area contributed by atoms with Crippen molar-refractivity contribution in [1.29, 1.82) is 0 Å². The zero-order valence-corrected chi connectivity index (χ0v) is 15.7. The standard InChI is InChI=1S/C20H20F2N2O5/c1-8-14-17(24(10-2-3-10)7-13(19(14)26)29-20(27)28)16(22)18(15(8)21)23-5-9-4-12(25)11(9)6-23/h7,9-12,25H,2-6H2,1H3,(H,27,28)/t9-,11+,12-/m1/s1. The number of aliphatic hydroxyl groups is 1. The molecule has 9 heteroatoms. The van der Waals surface area contributed by atoms with Gasteiger partial charge in [-0.3, -0.25) is 4.79 Å². The molecule has 2 heterocycles. The molecule has 0 spiro atoms. The van der Waals surface area contributed by atoms with Gasteiger partial charge in [-0.2, -0.15) is 0 Å². The normalized spacial score (nSPS) is 25.8. The summed E-state index contributed by atoms with van der Waals surface area (Å²) in [7, 11) is 0. The number of nitrogens with zero attached hydrogens (tertiary/aromatic N) is 2. The maximum atomic E-state index is 15.7.